The van der Waals surface area contributed by atoms with Gasteiger partial charge < -0.3 is 19.9 Å². The van der Waals surface area contributed by atoms with Crippen LogP contribution in [0.4, 0.5) is 4.79 Å². The van der Waals surface area contributed by atoms with Gasteiger partial charge in [0.1, 0.15) is 17.5 Å². The Morgan fingerprint density at radius 1 is 1.02 bits per heavy atom. The van der Waals surface area contributed by atoms with E-state index in [4.69, 9.17) is 4.74 Å². The van der Waals surface area contributed by atoms with Gasteiger partial charge in [0.15, 0.2) is 0 Å². The van der Waals surface area contributed by atoms with Gasteiger partial charge in [-0.1, -0.05) is 72.8 Å². The maximum Gasteiger partial charge on any atom is 0.322 e. The lowest BCUT2D eigenvalue weighted by atomic mass is 9.95. The zero-order chi connectivity index (χ0) is 29.8. The Morgan fingerprint density at radius 2 is 1.69 bits per heavy atom. The summed E-state index contributed by atoms with van der Waals surface area (Å²) in [6.07, 6.45) is 0.352. The lowest BCUT2D eigenvalue weighted by Crippen LogP contribution is -2.50. The van der Waals surface area contributed by atoms with E-state index in [0.29, 0.717) is 42.3 Å². The van der Waals surface area contributed by atoms with E-state index in [9.17, 15) is 14.4 Å². The van der Waals surface area contributed by atoms with Crippen molar-refractivity contribution in [2.75, 3.05) is 26.7 Å². The third-order valence-electron chi connectivity index (χ3n) is 7.55. The Balaban J connectivity index is 1.50. The molecule has 0 radical (unpaired) electrons. The molecule has 3 aromatic carbocycles. The highest BCUT2D eigenvalue weighted by Crippen LogP contribution is 2.38. The smallest absolute Gasteiger partial charge is 0.322 e. The quantitative estimate of drug-likeness (QED) is 0.339. The first-order chi connectivity index (χ1) is 20.3. The molecule has 2 atom stereocenters. The molecule has 4 amide bonds. The molecule has 3 aromatic rings. The summed E-state index contributed by atoms with van der Waals surface area (Å²) in [5, 5.41) is 3.03. The zero-order valence-electron chi connectivity index (χ0n) is 24.2. The van der Waals surface area contributed by atoms with Crippen molar-refractivity contribution in [2.45, 2.75) is 32.4 Å². The summed E-state index contributed by atoms with van der Waals surface area (Å²) in [4.78, 5) is 46.3. The molecule has 8 heteroatoms. The second-order valence-corrected chi connectivity index (χ2v) is 10.8. The molecule has 0 saturated heterocycles. The van der Waals surface area contributed by atoms with Gasteiger partial charge >= 0.3 is 6.03 Å². The van der Waals surface area contributed by atoms with Gasteiger partial charge in [-0.25, -0.2) is 4.79 Å². The number of para-hydroxylation sites is 1. The van der Waals surface area contributed by atoms with Crippen molar-refractivity contribution in [3.63, 3.8) is 0 Å². The van der Waals surface area contributed by atoms with E-state index in [1.807, 2.05) is 98.8 Å². The second kappa shape index (κ2) is 12.3. The molecule has 1 N–H and O–H groups in total. The van der Waals surface area contributed by atoms with Crippen LogP contribution < -0.4 is 10.1 Å². The van der Waals surface area contributed by atoms with Gasteiger partial charge in [0, 0.05) is 26.6 Å². The third kappa shape index (κ3) is 5.93. The number of nitrogens with zero attached hydrogens (tertiary/aromatic N) is 3. The monoisotopic (exact) mass is 564 g/mol. The molecule has 0 spiro atoms. The van der Waals surface area contributed by atoms with Crippen LogP contribution in [0.1, 0.15) is 31.0 Å². The Hall–Kier alpha value is -4.85. The van der Waals surface area contributed by atoms with Gasteiger partial charge in [0.05, 0.1) is 23.9 Å². The molecule has 2 heterocycles. The molecule has 0 bridgehead atoms. The van der Waals surface area contributed by atoms with Crippen LogP contribution in [0, 0.1) is 0 Å². The van der Waals surface area contributed by atoms with Crippen LogP contribution >= 0.6 is 0 Å². The summed E-state index contributed by atoms with van der Waals surface area (Å²) in [5.74, 6) is 0.838. The molecule has 0 unspecified atom stereocenters. The fourth-order valence-electron chi connectivity index (χ4n) is 5.64. The van der Waals surface area contributed by atoms with Crippen LogP contribution in [0.5, 0.6) is 11.5 Å². The van der Waals surface area contributed by atoms with Crippen molar-refractivity contribution in [3.8, 4) is 11.5 Å². The predicted octanol–water partition coefficient (Wildman–Crippen LogP) is 5.31. The second-order valence-electron chi connectivity index (χ2n) is 10.8. The summed E-state index contributed by atoms with van der Waals surface area (Å²) in [6.45, 7) is 8.64. The van der Waals surface area contributed by atoms with Gasteiger partial charge in [0.2, 0.25) is 5.91 Å². The molecule has 8 nitrogen and oxygen atoms in total. The van der Waals surface area contributed by atoms with Gasteiger partial charge in [-0.05, 0) is 49.2 Å². The Labute approximate surface area is 246 Å². The lowest BCUT2D eigenvalue weighted by Gasteiger charge is -2.33. The molecule has 216 valence electrons. The number of hydrogen-bond donors (Lipinski definition) is 1. The first-order valence-corrected chi connectivity index (χ1v) is 14.1. The zero-order valence-corrected chi connectivity index (χ0v) is 24.2. The maximum atomic E-state index is 14.3. The number of ether oxygens (including phenoxy) is 1. The number of hydrogen-bond acceptors (Lipinski definition) is 4. The van der Waals surface area contributed by atoms with E-state index < -0.39 is 12.1 Å². The largest absolute Gasteiger partial charge is 0.457 e. The van der Waals surface area contributed by atoms with Crippen molar-refractivity contribution in [2.24, 2.45) is 0 Å². The fraction of sp³-hybridized carbons (Fsp3) is 0.265. The van der Waals surface area contributed by atoms with E-state index in [0.717, 1.165) is 16.7 Å². The molecular formula is C34H36N4O4. The van der Waals surface area contributed by atoms with Crippen molar-refractivity contribution >= 4 is 17.8 Å². The summed E-state index contributed by atoms with van der Waals surface area (Å²) in [5.41, 5.74) is 3.61. The fourth-order valence-corrected chi connectivity index (χ4v) is 5.64. The number of carbonyl (C=O) groups excluding carboxylic acids is 3. The highest BCUT2D eigenvalue weighted by Gasteiger charge is 2.47. The molecular weight excluding hydrogens is 528 g/mol. The minimum absolute atomic E-state index is 0.163. The van der Waals surface area contributed by atoms with Gasteiger partial charge in [0.25, 0.3) is 5.91 Å². The Bertz CT molecular complexity index is 1520. The van der Waals surface area contributed by atoms with Gasteiger partial charge in [-0.15, -0.1) is 0 Å². The summed E-state index contributed by atoms with van der Waals surface area (Å²) in [6, 6.07) is 24.8. The van der Waals surface area contributed by atoms with Crippen molar-refractivity contribution in [1.29, 1.82) is 0 Å². The normalized spacial score (nSPS) is 17.1. The minimum Gasteiger partial charge on any atom is -0.457 e. The van der Waals surface area contributed by atoms with Crippen LogP contribution in [0.2, 0.25) is 0 Å². The minimum atomic E-state index is -0.753. The highest BCUT2D eigenvalue weighted by atomic mass is 16.5. The number of carbonyl (C=O) groups is 3. The molecule has 2 aliphatic heterocycles. The first-order valence-electron chi connectivity index (χ1n) is 14.1. The average molecular weight is 565 g/mol. The Morgan fingerprint density at radius 3 is 2.36 bits per heavy atom. The van der Waals surface area contributed by atoms with Crippen LogP contribution in [0.3, 0.4) is 0 Å². The summed E-state index contributed by atoms with van der Waals surface area (Å²) in [7, 11) is 1.73. The van der Waals surface area contributed by atoms with Crippen molar-refractivity contribution in [3.05, 3.63) is 119 Å². The number of benzene rings is 3. The van der Waals surface area contributed by atoms with Crippen LogP contribution in [0.25, 0.3) is 0 Å². The summed E-state index contributed by atoms with van der Waals surface area (Å²) < 4.78 is 6.04. The van der Waals surface area contributed by atoms with E-state index in [1.54, 1.807) is 21.7 Å². The maximum absolute atomic E-state index is 14.3. The van der Waals surface area contributed by atoms with Crippen LogP contribution in [-0.2, 0) is 16.0 Å². The van der Waals surface area contributed by atoms with Gasteiger partial charge in [-0.2, -0.15) is 0 Å². The first kappa shape index (κ1) is 28.7. The topological polar surface area (TPSA) is 82.2 Å². The van der Waals surface area contributed by atoms with E-state index >= 15 is 0 Å². The number of likely N-dealkylation sites (N-methyl/N-ethyl adjacent to an activating group) is 2. The number of rotatable bonds is 10. The number of nitrogens with one attached hydrogen (secondary N) is 1. The van der Waals surface area contributed by atoms with E-state index in [-0.39, 0.29) is 24.4 Å². The highest BCUT2D eigenvalue weighted by molar-refractivity contribution is 6.03. The van der Waals surface area contributed by atoms with E-state index in [2.05, 4.69) is 11.9 Å². The molecule has 2 aliphatic rings. The lowest BCUT2D eigenvalue weighted by molar-refractivity contribution is -0.141. The average Bonchev–Trinajstić information content (AvgIpc) is 3.32. The summed E-state index contributed by atoms with van der Waals surface area (Å²) >= 11 is 0. The number of amides is 4. The van der Waals surface area contributed by atoms with Crippen LogP contribution in [0.15, 0.2) is 108 Å². The van der Waals surface area contributed by atoms with Crippen molar-refractivity contribution < 1.29 is 19.1 Å². The molecule has 5 rings (SSSR count). The van der Waals surface area contributed by atoms with Crippen LogP contribution in [-0.4, -0.2) is 65.3 Å². The van der Waals surface area contributed by atoms with E-state index in [1.165, 1.54) is 0 Å². The van der Waals surface area contributed by atoms with Crippen molar-refractivity contribution in [1.82, 2.24) is 20.0 Å². The molecule has 42 heavy (non-hydrogen) atoms. The standard InChI is InChI=1S/C34H36N4O4/c1-5-37-29-22-38(28(19-24-13-8-6-9-14-24)32(39)36(4)21-23(2)3)33(40)30(29)31(35-34(37)41)25-15-12-18-27(20-25)42-26-16-10-7-11-17-26/h6-18,20,28,31H,2,5,19,21-22H2,1,3-4H3,(H,35,41)/t28-,31-/m1/s1. The predicted molar refractivity (Wildman–Crippen MR) is 162 cm³/mol. The molecule has 0 aliphatic carbocycles. The molecule has 0 aromatic heterocycles. The number of urea groups is 1. The molecule has 0 fully saturated rings. The third-order valence-corrected chi connectivity index (χ3v) is 7.55. The SMILES string of the molecule is C=C(C)CN(C)C(=O)[C@@H](Cc1ccccc1)N1CC2=C(C1=O)[C@@H](c1cccc(Oc3ccccc3)c1)NC(=O)N2CC. The Kier molecular flexibility index (Phi) is 8.43. The molecule has 0 saturated carbocycles. The van der Waals surface area contributed by atoms with Gasteiger partial charge in [-0.3, -0.25) is 14.5 Å².